The highest BCUT2D eigenvalue weighted by Gasteiger charge is 2.12. The monoisotopic (exact) mass is 252 g/mol. The molecule has 1 atom stereocenters. The predicted molar refractivity (Wildman–Crippen MR) is 65.2 cm³/mol. The van der Waals surface area contributed by atoms with E-state index in [9.17, 15) is 8.42 Å². The highest BCUT2D eigenvalue weighted by atomic mass is 32.2. The highest BCUT2D eigenvalue weighted by molar-refractivity contribution is 7.85. The molecule has 1 unspecified atom stereocenters. The highest BCUT2D eigenvalue weighted by Crippen LogP contribution is 2.12. The van der Waals surface area contributed by atoms with E-state index in [2.05, 4.69) is 6.92 Å². The lowest BCUT2D eigenvalue weighted by molar-refractivity contribution is 0.0899. The fourth-order valence-electron chi connectivity index (χ4n) is 1.64. The molecule has 0 aromatic heterocycles. The summed E-state index contributed by atoms with van der Waals surface area (Å²) in [6.45, 7) is 2.17. The van der Waals surface area contributed by atoms with Crippen LogP contribution < -0.4 is 0 Å². The fraction of sp³-hybridized carbons (Fsp3) is 1.00. The van der Waals surface area contributed by atoms with Crippen molar-refractivity contribution in [2.24, 2.45) is 0 Å². The van der Waals surface area contributed by atoms with Gasteiger partial charge in [0, 0.05) is 7.11 Å². The lowest BCUT2D eigenvalue weighted by Crippen LogP contribution is -2.16. The molecule has 0 radical (unpaired) electrons. The molecule has 0 rings (SSSR count). The Labute approximate surface area is 99.1 Å². The minimum atomic E-state index is -3.85. The molecule has 0 aromatic rings. The van der Waals surface area contributed by atoms with Gasteiger partial charge in [0.25, 0.3) is 10.1 Å². The van der Waals surface area contributed by atoms with E-state index in [0.29, 0.717) is 6.42 Å². The molecule has 0 aliphatic rings. The normalized spacial score (nSPS) is 13.9. The first-order valence-electron chi connectivity index (χ1n) is 5.97. The summed E-state index contributed by atoms with van der Waals surface area (Å²) in [6, 6.07) is 0. The number of ether oxygens (including phenoxy) is 1. The van der Waals surface area contributed by atoms with Gasteiger partial charge in [-0.15, -0.1) is 0 Å². The second-order valence-corrected chi connectivity index (χ2v) is 5.71. The van der Waals surface area contributed by atoms with E-state index in [1.807, 2.05) is 0 Å². The van der Waals surface area contributed by atoms with E-state index in [0.717, 1.165) is 12.8 Å². The van der Waals surface area contributed by atoms with Gasteiger partial charge >= 0.3 is 0 Å². The van der Waals surface area contributed by atoms with Crippen molar-refractivity contribution in [3.05, 3.63) is 0 Å². The molecule has 0 aromatic carbocycles. The van der Waals surface area contributed by atoms with Gasteiger partial charge in [-0.05, 0) is 12.8 Å². The van der Waals surface area contributed by atoms with Gasteiger partial charge in [-0.3, -0.25) is 4.55 Å². The molecule has 0 heterocycles. The van der Waals surface area contributed by atoms with E-state index in [1.165, 1.54) is 25.7 Å². The Morgan fingerprint density at radius 3 is 2.25 bits per heavy atom. The molecule has 98 valence electrons. The molecule has 0 saturated carbocycles. The van der Waals surface area contributed by atoms with Crippen LogP contribution in [0.4, 0.5) is 0 Å². The summed E-state index contributed by atoms with van der Waals surface area (Å²) in [5.41, 5.74) is 0. The average Bonchev–Trinajstić information content (AvgIpc) is 2.21. The number of rotatable bonds is 10. The van der Waals surface area contributed by atoms with Gasteiger partial charge in [-0.25, -0.2) is 0 Å². The third-order valence-electron chi connectivity index (χ3n) is 2.66. The van der Waals surface area contributed by atoms with Gasteiger partial charge < -0.3 is 4.74 Å². The van der Waals surface area contributed by atoms with E-state index >= 15 is 0 Å². The van der Waals surface area contributed by atoms with E-state index in [-0.39, 0.29) is 11.9 Å². The first-order chi connectivity index (χ1) is 7.49. The van der Waals surface area contributed by atoms with Gasteiger partial charge in [0.2, 0.25) is 0 Å². The molecule has 0 spiro atoms. The summed E-state index contributed by atoms with van der Waals surface area (Å²) in [4.78, 5) is 0. The van der Waals surface area contributed by atoms with Crippen LogP contribution in [-0.2, 0) is 14.9 Å². The zero-order valence-electron chi connectivity index (χ0n) is 10.3. The summed E-state index contributed by atoms with van der Waals surface area (Å²) in [5, 5.41) is 0. The van der Waals surface area contributed by atoms with Crippen LogP contribution in [0.3, 0.4) is 0 Å². The number of methoxy groups -OCH3 is 1. The Morgan fingerprint density at radius 2 is 1.75 bits per heavy atom. The van der Waals surface area contributed by atoms with Crippen molar-refractivity contribution in [2.45, 2.75) is 58.0 Å². The Bertz CT molecular complexity index is 249. The largest absolute Gasteiger partial charge is 0.381 e. The molecule has 0 amide bonds. The maximum atomic E-state index is 10.6. The van der Waals surface area contributed by atoms with Gasteiger partial charge in [-0.2, -0.15) is 8.42 Å². The van der Waals surface area contributed by atoms with E-state index in [4.69, 9.17) is 9.29 Å². The summed E-state index contributed by atoms with van der Waals surface area (Å²) in [7, 11) is -2.26. The maximum Gasteiger partial charge on any atom is 0.264 e. The third-order valence-corrected chi connectivity index (χ3v) is 3.41. The van der Waals surface area contributed by atoms with Crippen molar-refractivity contribution in [1.82, 2.24) is 0 Å². The quantitative estimate of drug-likeness (QED) is 0.479. The lowest BCUT2D eigenvalue weighted by atomic mass is 10.1. The third kappa shape index (κ3) is 10.4. The number of hydrogen-bond donors (Lipinski definition) is 1. The summed E-state index contributed by atoms with van der Waals surface area (Å²) in [6.07, 6.45) is 7.12. The van der Waals surface area contributed by atoms with Crippen molar-refractivity contribution in [1.29, 1.82) is 0 Å². The summed E-state index contributed by atoms with van der Waals surface area (Å²) < 4.78 is 34.9. The fourth-order valence-corrected chi connectivity index (χ4v) is 2.20. The maximum absolute atomic E-state index is 10.6. The van der Waals surface area contributed by atoms with Crippen LogP contribution in [0.5, 0.6) is 0 Å². The van der Waals surface area contributed by atoms with Crippen LogP contribution in [0.2, 0.25) is 0 Å². The minimum Gasteiger partial charge on any atom is -0.381 e. The second-order valence-electron chi connectivity index (χ2n) is 4.14. The first kappa shape index (κ1) is 15.9. The average molecular weight is 252 g/mol. The molecule has 0 saturated heterocycles. The molecule has 0 aliphatic carbocycles. The molecule has 1 N–H and O–H groups in total. The molecule has 0 fully saturated rings. The van der Waals surface area contributed by atoms with E-state index < -0.39 is 10.1 Å². The number of unbranched alkanes of at least 4 members (excludes halogenated alkanes) is 4. The minimum absolute atomic E-state index is 0.0523. The summed E-state index contributed by atoms with van der Waals surface area (Å²) >= 11 is 0. The standard InChI is InChI=1S/C11H24O4S/c1-3-4-5-6-7-8-11(15-2)9-10-16(12,13)14/h11H,3-10H2,1-2H3,(H,12,13,14). The molecular weight excluding hydrogens is 228 g/mol. The first-order valence-corrected chi connectivity index (χ1v) is 7.58. The molecule has 0 aliphatic heterocycles. The topological polar surface area (TPSA) is 63.6 Å². The lowest BCUT2D eigenvalue weighted by Gasteiger charge is -2.13. The van der Waals surface area contributed by atoms with Gasteiger partial charge in [0.15, 0.2) is 0 Å². The van der Waals surface area contributed by atoms with Gasteiger partial charge in [-0.1, -0.05) is 39.0 Å². The van der Waals surface area contributed by atoms with Crippen LogP contribution in [0.1, 0.15) is 51.9 Å². The van der Waals surface area contributed by atoms with Crippen molar-refractivity contribution >= 4 is 10.1 Å². The molecule has 0 bridgehead atoms. The van der Waals surface area contributed by atoms with Gasteiger partial charge in [0.1, 0.15) is 0 Å². The van der Waals surface area contributed by atoms with Crippen LogP contribution >= 0.6 is 0 Å². The summed E-state index contributed by atoms with van der Waals surface area (Å²) in [5.74, 6) is -0.208. The number of hydrogen-bond acceptors (Lipinski definition) is 3. The predicted octanol–water partition coefficient (Wildman–Crippen LogP) is 2.64. The Kier molecular flexibility index (Phi) is 8.89. The van der Waals surface area contributed by atoms with Crippen LogP contribution in [0.25, 0.3) is 0 Å². The smallest absolute Gasteiger partial charge is 0.264 e. The Hall–Kier alpha value is -0.130. The Balaban J connectivity index is 3.59. The molecular formula is C11H24O4S. The zero-order valence-corrected chi connectivity index (χ0v) is 11.1. The van der Waals surface area contributed by atoms with Crippen LogP contribution in [0, 0.1) is 0 Å². The molecule has 5 heteroatoms. The Morgan fingerprint density at radius 1 is 1.12 bits per heavy atom. The molecule has 4 nitrogen and oxygen atoms in total. The van der Waals surface area contributed by atoms with Crippen molar-refractivity contribution < 1.29 is 17.7 Å². The van der Waals surface area contributed by atoms with Crippen molar-refractivity contribution in [3.8, 4) is 0 Å². The van der Waals surface area contributed by atoms with Crippen LogP contribution in [-0.4, -0.2) is 31.9 Å². The van der Waals surface area contributed by atoms with Gasteiger partial charge in [0.05, 0.1) is 11.9 Å². The molecule has 16 heavy (non-hydrogen) atoms. The van der Waals surface area contributed by atoms with E-state index in [1.54, 1.807) is 7.11 Å². The van der Waals surface area contributed by atoms with Crippen molar-refractivity contribution in [3.63, 3.8) is 0 Å². The van der Waals surface area contributed by atoms with Crippen molar-refractivity contribution in [2.75, 3.05) is 12.9 Å². The SMILES string of the molecule is CCCCCCCC(CCS(=O)(=O)O)OC. The zero-order chi connectivity index (χ0) is 12.4. The van der Waals surface area contributed by atoms with Crippen LogP contribution in [0.15, 0.2) is 0 Å². The second kappa shape index (κ2) is 8.96.